The number of hydrogen-bond donors (Lipinski definition) is 3. The maximum atomic E-state index is 12.9. The lowest BCUT2D eigenvalue weighted by Crippen LogP contribution is -2.43. The molecule has 0 aromatic heterocycles. The Morgan fingerprint density at radius 1 is 1.07 bits per heavy atom. The Morgan fingerprint density at radius 3 is 2.18 bits per heavy atom. The average molecular weight is 388 g/mol. The van der Waals surface area contributed by atoms with Gasteiger partial charge in [0.05, 0.1) is 7.11 Å². The van der Waals surface area contributed by atoms with Crippen LogP contribution in [0, 0.1) is 19.7 Å². The predicted octanol–water partition coefficient (Wildman–Crippen LogP) is 1.79. The van der Waals surface area contributed by atoms with Crippen molar-refractivity contribution in [3.63, 3.8) is 0 Å². The van der Waals surface area contributed by atoms with E-state index in [1.54, 1.807) is 13.8 Å². The van der Waals surface area contributed by atoms with Crippen molar-refractivity contribution >= 4 is 17.8 Å². The number of aromatic hydroxyl groups is 1. The number of halogens is 1. The van der Waals surface area contributed by atoms with Crippen molar-refractivity contribution in [2.75, 3.05) is 7.11 Å². The van der Waals surface area contributed by atoms with Gasteiger partial charge in [0.25, 0.3) is 0 Å². The number of carbonyl (C=O) groups is 3. The summed E-state index contributed by atoms with van der Waals surface area (Å²) in [5, 5.41) is 14.6. The molecule has 0 radical (unpaired) electrons. The van der Waals surface area contributed by atoms with Gasteiger partial charge in [0.1, 0.15) is 11.6 Å². The van der Waals surface area contributed by atoms with Gasteiger partial charge in [-0.05, 0) is 60.4 Å². The van der Waals surface area contributed by atoms with Crippen LogP contribution in [0.4, 0.5) is 4.39 Å². The van der Waals surface area contributed by atoms with E-state index >= 15 is 0 Å². The number of benzene rings is 2. The molecule has 148 valence electrons. The third-order valence-corrected chi connectivity index (χ3v) is 4.13. The highest BCUT2D eigenvalue weighted by Gasteiger charge is 2.27. The molecule has 28 heavy (non-hydrogen) atoms. The maximum absolute atomic E-state index is 12.9. The van der Waals surface area contributed by atoms with E-state index in [0.29, 0.717) is 22.3 Å². The molecule has 7 nitrogen and oxygen atoms in total. The molecule has 3 N–H and O–H groups in total. The molecule has 0 saturated carbocycles. The van der Waals surface area contributed by atoms with Gasteiger partial charge in [-0.1, -0.05) is 12.1 Å². The highest BCUT2D eigenvalue weighted by molar-refractivity contribution is 6.35. The van der Waals surface area contributed by atoms with Gasteiger partial charge in [0, 0.05) is 6.54 Å². The molecule has 2 rings (SSSR count). The fourth-order valence-electron chi connectivity index (χ4n) is 2.61. The molecule has 0 saturated heterocycles. The lowest BCUT2D eigenvalue weighted by molar-refractivity contribution is -0.147. The van der Waals surface area contributed by atoms with Crippen LogP contribution < -0.4 is 10.6 Å². The molecule has 0 aliphatic rings. The van der Waals surface area contributed by atoms with Gasteiger partial charge in [0.15, 0.2) is 6.04 Å². The number of ether oxygens (including phenoxy) is 1. The first-order valence-corrected chi connectivity index (χ1v) is 8.44. The van der Waals surface area contributed by atoms with Crippen molar-refractivity contribution in [2.45, 2.75) is 26.4 Å². The largest absolute Gasteiger partial charge is 0.507 e. The van der Waals surface area contributed by atoms with E-state index in [1.165, 1.54) is 36.4 Å². The van der Waals surface area contributed by atoms with E-state index in [4.69, 9.17) is 4.74 Å². The Balaban J connectivity index is 2.11. The van der Waals surface area contributed by atoms with Crippen LogP contribution in [-0.2, 0) is 25.7 Å². The molecule has 0 aliphatic heterocycles. The Morgan fingerprint density at radius 2 is 1.64 bits per heavy atom. The van der Waals surface area contributed by atoms with E-state index in [1.807, 2.05) is 0 Å². The molecular formula is C20H21FN2O5. The minimum atomic E-state index is -1.22. The molecule has 0 unspecified atom stereocenters. The van der Waals surface area contributed by atoms with Crippen LogP contribution in [0.5, 0.6) is 5.75 Å². The van der Waals surface area contributed by atoms with E-state index in [2.05, 4.69) is 10.6 Å². The smallest absolute Gasteiger partial charge is 0.333 e. The highest BCUT2D eigenvalue weighted by atomic mass is 19.1. The van der Waals surface area contributed by atoms with E-state index < -0.39 is 29.6 Å². The quantitative estimate of drug-likeness (QED) is 0.535. The van der Waals surface area contributed by atoms with Crippen LogP contribution in [-0.4, -0.2) is 30.0 Å². The summed E-state index contributed by atoms with van der Waals surface area (Å²) in [6.45, 7) is 3.32. The molecule has 0 fully saturated rings. The van der Waals surface area contributed by atoms with Crippen LogP contribution >= 0.6 is 0 Å². The number of phenols is 1. The topological polar surface area (TPSA) is 105 Å². The van der Waals surface area contributed by atoms with Crippen molar-refractivity contribution in [1.29, 1.82) is 0 Å². The number of methoxy groups -OCH3 is 1. The van der Waals surface area contributed by atoms with Crippen molar-refractivity contribution < 1.29 is 28.6 Å². The van der Waals surface area contributed by atoms with E-state index in [-0.39, 0.29) is 12.3 Å². The zero-order valence-electron chi connectivity index (χ0n) is 15.7. The van der Waals surface area contributed by atoms with Crippen molar-refractivity contribution in [3.05, 3.63) is 64.5 Å². The molecule has 2 aromatic rings. The molecule has 0 spiro atoms. The summed E-state index contributed by atoms with van der Waals surface area (Å²) in [5.41, 5.74) is 2.01. The van der Waals surface area contributed by atoms with Gasteiger partial charge >= 0.3 is 17.8 Å². The number of carbonyl (C=O) groups excluding carboxylic acids is 3. The normalized spacial score (nSPS) is 11.4. The lowest BCUT2D eigenvalue weighted by Gasteiger charge is -2.18. The van der Waals surface area contributed by atoms with Gasteiger partial charge in [-0.3, -0.25) is 9.59 Å². The summed E-state index contributed by atoms with van der Waals surface area (Å²) in [7, 11) is 1.16. The van der Waals surface area contributed by atoms with Gasteiger partial charge in [-0.25, -0.2) is 9.18 Å². The Kier molecular flexibility index (Phi) is 6.70. The number of esters is 1. The SMILES string of the molecule is COC(=O)[C@H](NC(=O)C(=O)NCc1ccc(F)cc1)c1cc(C)c(O)c(C)c1. The number of amides is 2. The first kappa shape index (κ1) is 20.9. The van der Waals surface area contributed by atoms with Gasteiger partial charge < -0.3 is 20.5 Å². The van der Waals surface area contributed by atoms with Crippen LogP contribution in [0.3, 0.4) is 0 Å². The van der Waals surface area contributed by atoms with Crippen LogP contribution in [0.25, 0.3) is 0 Å². The molecule has 0 aliphatic carbocycles. The fourth-order valence-corrected chi connectivity index (χ4v) is 2.61. The van der Waals surface area contributed by atoms with Crippen LogP contribution in [0.15, 0.2) is 36.4 Å². The van der Waals surface area contributed by atoms with E-state index in [0.717, 1.165) is 7.11 Å². The minimum Gasteiger partial charge on any atom is -0.507 e. The number of hydrogen-bond acceptors (Lipinski definition) is 5. The summed E-state index contributed by atoms with van der Waals surface area (Å²) in [5.74, 6) is -3.07. The fraction of sp³-hybridized carbons (Fsp3) is 0.250. The zero-order valence-corrected chi connectivity index (χ0v) is 15.7. The molecule has 2 amide bonds. The molecule has 1 atom stereocenters. The summed E-state index contributed by atoms with van der Waals surface area (Å²) >= 11 is 0. The van der Waals surface area contributed by atoms with E-state index in [9.17, 15) is 23.9 Å². The average Bonchev–Trinajstić information content (AvgIpc) is 2.68. The standard InChI is InChI=1S/C20H21FN2O5/c1-11-8-14(9-12(2)17(11)24)16(20(27)28-3)23-19(26)18(25)22-10-13-4-6-15(21)7-5-13/h4-9,16,24H,10H2,1-3H3,(H,22,25)(H,23,26)/t16-/m1/s1. The van der Waals surface area contributed by atoms with Gasteiger partial charge in [0.2, 0.25) is 0 Å². The molecule has 8 heteroatoms. The second-order valence-electron chi connectivity index (χ2n) is 6.24. The van der Waals surface area contributed by atoms with Gasteiger partial charge in [-0.15, -0.1) is 0 Å². The number of aryl methyl sites for hydroxylation is 2. The van der Waals surface area contributed by atoms with Gasteiger partial charge in [-0.2, -0.15) is 0 Å². The first-order chi connectivity index (χ1) is 13.2. The minimum absolute atomic E-state index is 0.0207. The Hall–Kier alpha value is -3.42. The van der Waals surface area contributed by atoms with Crippen molar-refractivity contribution in [3.8, 4) is 5.75 Å². The lowest BCUT2D eigenvalue weighted by atomic mass is 10.00. The third-order valence-electron chi connectivity index (χ3n) is 4.13. The number of phenolic OH excluding ortho intramolecular Hbond substituents is 1. The Labute approximate surface area is 161 Å². The second kappa shape index (κ2) is 8.98. The summed E-state index contributed by atoms with van der Waals surface area (Å²) < 4.78 is 17.6. The number of rotatable bonds is 5. The maximum Gasteiger partial charge on any atom is 0.333 e. The molecular weight excluding hydrogens is 367 g/mol. The second-order valence-corrected chi connectivity index (χ2v) is 6.24. The summed E-state index contributed by atoms with van der Waals surface area (Å²) in [6, 6.07) is 7.28. The van der Waals surface area contributed by atoms with Crippen LogP contribution in [0.1, 0.15) is 28.3 Å². The molecule has 0 bridgehead atoms. The Bertz CT molecular complexity index is 873. The summed E-state index contributed by atoms with van der Waals surface area (Å²) in [6.07, 6.45) is 0. The summed E-state index contributed by atoms with van der Waals surface area (Å²) in [4.78, 5) is 36.4. The van der Waals surface area contributed by atoms with Crippen molar-refractivity contribution in [2.24, 2.45) is 0 Å². The van der Waals surface area contributed by atoms with Crippen molar-refractivity contribution in [1.82, 2.24) is 10.6 Å². The highest BCUT2D eigenvalue weighted by Crippen LogP contribution is 2.26. The predicted molar refractivity (Wildman–Crippen MR) is 98.7 cm³/mol. The van der Waals surface area contributed by atoms with Crippen LogP contribution in [0.2, 0.25) is 0 Å². The first-order valence-electron chi connectivity index (χ1n) is 8.44. The number of nitrogens with one attached hydrogen (secondary N) is 2. The molecule has 2 aromatic carbocycles. The molecule has 0 heterocycles. The zero-order chi connectivity index (χ0) is 20.8. The third kappa shape index (κ3) is 5.06. The monoisotopic (exact) mass is 388 g/mol.